The summed E-state index contributed by atoms with van der Waals surface area (Å²) in [4.78, 5) is 26.5. The van der Waals surface area contributed by atoms with Gasteiger partial charge in [0.25, 0.3) is 0 Å². The van der Waals surface area contributed by atoms with Crippen LogP contribution in [0.4, 0.5) is 11.5 Å². The quantitative estimate of drug-likeness (QED) is 0.368. The Morgan fingerprint density at radius 3 is 2.50 bits per heavy atom. The molecular formula is C30H34ClN7O2. The Kier molecular flexibility index (Phi) is 6.39. The van der Waals surface area contributed by atoms with Crippen LogP contribution in [0.5, 0.6) is 5.75 Å². The summed E-state index contributed by atoms with van der Waals surface area (Å²) in [5.74, 6) is 0.508. The van der Waals surface area contributed by atoms with E-state index in [1.54, 1.807) is 37.8 Å². The number of nitrogens with zero attached hydrogens (tertiary/aromatic N) is 6. The van der Waals surface area contributed by atoms with Gasteiger partial charge >= 0.3 is 5.69 Å². The van der Waals surface area contributed by atoms with Crippen LogP contribution in [-0.4, -0.2) is 60.3 Å². The van der Waals surface area contributed by atoms with Crippen molar-refractivity contribution in [1.82, 2.24) is 24.0 Å². The zero-order valence-corrected chi connectivity index (χ0v) is 24.0. The van der Waals surface area contributed by atoms with Crippen molar-refractivity contribution in [3.05, 3.63) is 70.1 Å². The molecule has 2 aliphatic heterocycles. The van der Waals surface area contributed by atoms with Crippen LogP contribution >= 0.6 is 11.6 Å². The lowest BCUT2D eigenvalue weighted by molar-refractivity contribution is -0.0237. The minimum atomic E-state index is -0.190. The van der Waals surface area contributed by atoms with Crippen molar-refractivity contribution in [2.24, 2.45) is 7.05 Å². The highest BCUT2D eigenvalue weighted by molar-refractivity contribution is 6.32. The third-order valence-corrected chi connectivity index (χ3v) is 8.78. The van der Waals surface area contributed by atoms with Gasteiger partial charge in [-0.15, -0.1) is 0 Å². The topological polar surface area (TPSA) is 105 Å². The summed E-state index contributed by atoms with van der Waals surface area (Å²) in [7, 11) is 1.69. The number of aromatic nitrogens is 4. The fourth-order valence-electron chi connectivity index (χ4n) is 6.32. The second kappa shape index (κ2) is 9.67. The van der Waals surface area contributed by atoms with E-state index < -0.39 is 0 Å². The zero-order chi connectivity index (χ0) is 28.3. The molecule has 3 aromatic heterocycles. The molecule has 2 saturated heterocycles. The number of hydrogen-bond acceptors (Lipinski definition) is 7. The Morgan fingerprint density at radius 2 is 1.85 bits per heavy atom. The molecule has 0 aliphatic carbocycles. The van der Waals surface area contributed by atoms with Crippen molar-refractivity contribution in [3.8, 4) is 33.8 Å². The number of nitrogens with two attached hydrogens (primary N) is 1. The van der Waals surface area contributed by atoms with Crippen molar-refractivity contribution in [3.63, 3.8) is 0 Å². The smallest absolute Gasteiger partial charge is 0.332 e. The highest BCUT2D eigenvalue weighted by Gasteiger charge is 2.50. The van der Waals surface area contributed by atoms with Crippen LogP contribution in [0.1, 0.15) is 32.4 Å². The van der Waals surface area contributed by atoms with Crippen LogP contribution in [0.2, 0.25) is 5.02 Å². The SMILES string of the molecule is Cc1cc(-c2ccc(-n3ccn(C)c3=O)c(Cl)c2)c(O)c(-c2cnc(N)c(N3CCC4(CCN4C(C)C)C3)c2)n1. The lowest BCUT2D eigenvalue weighted by atomic mass is 9.82. The fraction of sp³-hybridized carbons (Fsp3) is 0.367. The first-order valence-electron chi connectivity index (χ1n) is 13.6. The van der Waals surface area contributed by atoms with Gasteiger partial charge < -0.3 is 20.3 Å². The van der Waals surface area contributed by atoms with Crippen LogP contribution in [0, 0.1) is 6.92 Å². The molecule has 0 radical (unpaired) electrons. The second-order valence-electron chi connectivity index (χ2n) is 11.3. The van der Waals surface area contributed by atoms with Crippen molar-refractivity contribution in [2.45, 2.75) is 45.2 Å². The third kappa shape index (κ3) is 4.24. The van der Waals surface area contributed by atoms with E-state index >= 15 is 0 Å². The van der Waals surface area contributed by atoms with Crippen LogP contribution in [0.3, 0.4) is 0 Å². The number of pyridine rings is 2. The summed E-state index contributed by atoms with van der Waals surface area (Å²) >= 11 is 6.63. The number of aromatic hydroxyl groups is 1. The van der Waals surface area contributed by atoms with E-state index in [1.807, 2.05) is 25.1 Å². The van der Waals surface area contributed by atoms with Gasteiger partial charge in [0.05, 0.1) is 16.4 Å². The Balaban J connectivity index is 1.35. The number of hydrogen-bond donors (Lipinski definition) is 2. The van der Waals surface area contributed by atoms with Gasteiger partial charge in [-0.25, -0.2) is 14.8 Å². The number of halogens is 1. The molecule has 2 fully saturated rings. The van der Waals surface area contributed by atoms with Gasteiger partial charge in [-0.3, -0.25) is 9.47 Å². The predicted octanol–water partition coefficient (Wildman–Crippen LogP) is 4.61. The highest BCUT2D eigenvalue weighted by Crippen LogP contribution is 2.44. The first-order valence-corrected chi connectivity index (χ1v) is 14.0. The fourth-order valence-corrected chi connectivity index (χ4v) is 6.59. The molecule has 3 N–H and O–H groups in total. The van der Waals surface area contributed by atoms with E-state index in [2.05, 4.69) is 33.6 Å². The standard InChI is InChI=1S/C30H34ClN7O2/c1-18(2)38-10-8-30(38)7-9-36(17-30)25-15-21(16-33-28(25)32)26-27(39)22(13-19(3)34-26)20-5-6-24(23(31)14-20)37-12-11-35(4)29(37)40/h5-6,11-16,18,39H,7-10,17H2,1-4H3,(H2,32,33). The van der Waals surface area contributed by atoms with Gasteiger partial charge in [-0.2, -0.15) is 0 Å². The molecule has 1 unspecified atom stereocenters. The molecule has 40 heavy (non-hydrogen) atoms. The van der Waals surface area contributed by atoms with E-state index in [9.17, 15) is 9.90 Å². The van der Waals surface area contributed by atoms with Crippen molar-refractivity contribution in [2.75, 3.05) is 30.3 Å². The molecule has 208 valence electrons. The van der Waals surface area contributed by atoms with Crippen LogP contribution in [0.25, 0.3) is 28.1 Å². The van der Waals surface area contributed by atoms with E-state index in [0.717, 1.165) is 37.4 Å². The number of aryl methyl sites for hydroxylation is 2. The van der Waals surface area contributed by atoms with Crippen LogP contribution in [-0.2, 0) is 7.05 Å². The van der Waals surface area contributed by atoms with Gasteiger partial charge in [-0.1, -0.05) is 17.7 Å². The van der Waals surface area contributed by atoms with Crippen LogP contribution < -0.4 is 16.3 Å². The van der Waals surface area contributed by atoms with E-state index in [1.165, 1.54) is 15.6 Å². The average Bonchev–Trinajstić information content (AvgIpc) is 3.50. The Bertz CT molecular complexity index is 1680. The zero-order valence-electron chi connectivity index (χ0n) is 23.2. The first-order chi connectivity index (χ1) is 19.1. The van der Waals surface area contributed by atoms with E-state index in [0.29, 0.717) is 45.0 Å². The van der Waals surface area contributed by atoms with Crippen molar-refractivity contribution >= 4 is 23.1 Å². The maximum absolute atomic E-state index is 12.4. The number of benzene rings is 1. The second-order valence-corrected chi connectivity index (χ2v) is 11.7. The van der Waals surface area contributed by atoms with Crippen LogP contribution in [0.15, 0.2) is 53.7 Å². The van der Waals surface area contributed by atoms with Crippen molar-refractivity contribution in [1.29, 1.82) is 0 Å². The predicted molar refractivity (Wildman–Crippen MR) is 159 cm³/mol. The minimum absolute atomic E-state index is 0.0340. The van der Waals surface area contributed by atoms with Gasteiger partial charge in [0, 0.05) is 73.7 Å². The van der Waals surface area contributed by atoms with Crippen molar-refractivity contribution < 1.29 is 5.11 Å². The molecule has 2 aliphatic rings. The molecule has 1 atom stereocenters. The van der Waals surface area contributed by atoms with E-state index in [4.69, 9.17) is 17.3 Å². The molecule has 10 heteroatoms. The summed E-state index contributed by atoms with van der Waals surface area (Å²) < 4.78 is 2.97. The average molecular weight is 560 g/mol. The summed E-state index contributed by atoms with van der Waals surface area (Å²) in [5.41, 5.74) is 11.0. The summed E-state index contributed by atoms with van der Waals surface area (Å²) in [6.07, 6.45) is 7.31. The first kappa shape index (κ1) is 26.4. The monoisotopic (exact) mass is 559 g/mol. The van der Waals surface area contributed by atoms with Gasteiger partial charge in [0.1, 0.15) is 17.3 Å². The lowest BCUT2D eigenvalue weighted by Crippen LogP contribution is -2.63. The maximum atomic E-state index is 12.4. The number of likely N-dealkylation sites (tertiary alicyclic amines) is 1. The number of rotatable bonds is 5. The molecule has 0 bridgehead atoms. The molecule has 5 heterocycles. The van der Waals surface area contributed by atoms with Gasteiger partial charge in [-0.05, 0) is 63.4 Å². The molecule has 0 amide bonds. The Hall–Kier alpha value is -3.82. The number of imidazole rings is 1. The normalized spacial score (nSPS) is 19.1. The van der Waals surface area contributed by atoms with Gasteiger partial charge in [0.15, 0.2) is 0 Å². The minimum Gasteiger partial charge on any atom is -0.505 e. The molecule has 1 aromatic carbocycles. The number of nitrogen functional groups attached to an aromatic ring is 1. The summed E-state index contributed by atoms with van der Waals surface area (Å²) in [6.45, 7) is 9.36. The Labute approximate surface area is 238 Å². The largest absolute Gasteiger partial charge is 0.505 e. The lowest BCUT2D eigenvalue weighted by Gasteiger charge is -2.53. The highest BCUT2D eigenvalue weighted by atomic mass is 35.5. The molecule has 4 aromatic rings. The summed E-state index contributed by atoms with van der Waals surface area (Å²) in [6, 6.07) is 9.70. The molecule has 6 rings (SSSR count). The van der Waals surface area contributed by atoms with Gasteiger partial charge in [0.2, 0.25) is 0 Å². The number of anilines is 2. The molecular weight excluding hydrogens is 526 g/mol. The molecule has 1 spiro atoms. The summed E-state index contributed by atoms with van der Waals surface area (Å²) in [5, 5.41) is 11.8. The molecule has 9 nitrogen and oxygen atoms in total. The third-order valence-electron chi connectivity index (χ3n) is 8.48. The molecule has 0 saturated carbocycles. The maximum Gasteiger partial charge on any atom is 0.332 e. The van der Waals surface area contributed by atoms with E-state index in [-0.39, 0.29) is 17.0 Å². The Morgan fingerprint density at radius 1 is 1.07 bits per heavy atom.